The van der Waals surface area contributed by atoms with Gasteiger partial charge in [-0.25, -0.2) is 4.79 Å². The van der Waals surface area contributed by atoms with Gasteiger partial charge in [0.2, 0.25) is 35.4 Å². The van der Waals surface area contributed by atoms with Gasteiger partial charge in [0.15, 0.2) is 0 Å². The fourth-order valence-corrected chi connectivity index (χ4v) is 6.19. The van der Waals surface area contributed by atoms with E-state index in [1.807, 2.05) is 0 Å². The van der Waals surface area contributed by atoms with Crippen molar-refractivity contribution in [1.82, 2.24) is 31.6 Å². The number of hydrogen-bond acceptors (Lipinski definition) is 10. The maximum atomic E-state index is 14.0. The third-order valence-corrected chi connectivity index (χ3v) is 9.75. The Hall–Kier alpha value is -6.83. The Balaban J connectivity index is 1.94. The Labute approximate surface area is 344 Å². The molecule has 0 radical (unpaired) electrons. The van der Waals surface area contributed by atoms with Gasteiger partial charge in [-0.15, -0.1) is 0 Å². The van der Waals surface area contributed by atoms with Gasteiger partial charge >= 0.3 is 17.9 Å². The molecule has 13 N–H and O–H groups in total. The van der Waals surface area contributed by atoms with E-state index in [0.717, 1.165) is 5.52 Å². The second-order valence-electron chi connectivity index (χ2n) is 14.3. The van der Waals surface area contributed by atoms with Crippen molar-refractivity contribution >= 4 is 64.3 Å². The first-order valence-corrected chi connectivity index (χ1v) is 19.2. The number of carbonyl (C=O) groups is 9. The highest BCUT2D eigenvalue weighted by molar-refractivity contribution is 5.97. The summed E-state index contributed by atoms with van der Waals surface area (Å²) in [4.78, 5) is 118. The summed E-state index contributed by atoms with van der Waals surface area (Å²) in [6.07, 6.45) is -1.06. The second-order valence-corrected chi connectivity index (χ2v) is 14.3. The normalized spacial score (nSPS) is 14.5. The minimum Gasteiger partial charge on any atom is -0.481 e. The van der Waals surface area contributed by atoms with Gasteiger partial charge in [-0.2, -0.15) is 0 Å². The number of carbonyl (C=O) groups excluding carboxylic acids is 6. The topological polar surface area (TPSA) is 342 Å². The van der Waals surface area contributed by atoms with Crippen LogP contribution in [0.4, 0.5) is 0 Å². The lowest BCUT2D eigenvalue weighted by Crippen LogP contribution is -2.60. The summed E-state index contributed by atoms with van der Waals surface area (Å²) in [7, 11) is 0. The lowest BCUT2D eigenvalue weighted by Gasteiger charge is -2.27. The molecule has 0 aliphatic heterocycles. The van der Waals surface area contributed by atoms with Crippen LogP contribution in [-0.4, -0.2) is 110 Å². The zero-order valence-corrected chi connectivity index (χ0v) is 33.1. The van der Waals surface area contributed by atoms with Crippen molar-refractivity contribution in [1.29, 1.82) is 0 Å². The highest BCUT2D eigenvalue weighted by Gasteiger charge is 2.34. The molecule has 60 heavy (non-hydrogen) atoms. The van der Waals surface area contributed by atoms with Gasteiger partial charge < -0.3 is 58.4 Å². The van der Waals surface area contributed by atoms with Crippen LogP contribution < -0.4 is 38.1 Å². The van der Waals surface area contributed by atoms with Gasteiger partial charge in [0.1, 0.15) is 30.2 Å². The number of carboxylic acids is 3. The van der Waals surface area contributed by atoms with Gasteiger partial charge in [-0.05, 0) is 36.0 Å². The summed E-state index contributed by atoms with van der Waals surface area (Å²) in [5.41, 5.74) is 12.9. The number of primary amides is 1. The molecule has 0 spiro atoms. The van der Waals surface area contributed by atoms with Crippen molar-refractivity contribution in [3.05, 3.63) is 71.9 Å². The number of amides is 6. The van der Waals surface area contributed by atoms with Crippen LogP contribution in [0.3, 0.4) is 0 Å². The predicted octanol–water partition coefficient (Wildman–Crippen LogP) is -0.560. The number of aliphatic carboxylic acids is 3. The third-order valence-electron chi connectivity index (χ3n) is 9.75. The number of hydrogen-bond donors (Lipinski definition) is 11. The van der Waals surface area contributed by atoms with Crippen molar-refractivity contribution in [2.45, 2.75) is 101 Å². The highest BCUT2D eigenvalue weighted by atomic mass is 16.4. The number of aromatic nitrogens is 1. The van der Waals surface area contributed by atoms with Crippen molar-refractivity contribution in [2.75, 3.05) is 0 Å². The molecule has 1 heterocycles. The van der Waals surface area contributed by atoms with E-state index in [-0.39, 0.29) is 12.8 Å². The number of aromatic amines is 1. The van der Waals surface area contributed by atoms with Gasteiger partial charge in [-0.1, -0.05) is 68.8 Å². The second kappa shape index (κ2) is 22.9. The Morgan fingerprint density at radius 1 is 0.650 bits per heavy atom. The SMILES string of the molecule is CC[C@H](C)[C@H](NC(=O)[C@H](Cc1c[nH]c2ccccc12)NC(=O)[C@H](CCC(N)=O)NC(=O)[C@H](CCC(=O)O)NC(=O)[C@H](Cc1ccccc1)NC(=O)[C@@H](N)CC(=O)O)C(=O)O. The fraction of sp³-hybridized carbons (Fsp3) is 0.425. The molecule has 20 heteroatoms. The number of rotatable bonds is 25. The van der Waals surface area contributed by atoms with Crippen LogP contribution in [0, 0.1) is 5.92 Å². The molecule has 20 nitrogen and oxygen atoms in total. The summed E-state index contributed by atoms with van der Waals surface area (Å²) in [6.45, 7) is 3.38. The molecular weight excluding hydrogens is 784 g/mol. The molecule has 3 rings (SSSR count). The van der Waals surface area contributed by atoms with Crippen LogP contribution in [0.2, 0.25) is 0 Å². The van der Waals surface area contributed by atoms with E-state index in [1.165, 1.54) is 0 Å². The van der Waals surface area contributed by atoms with Gasteiger partial charge in [-0.3, -0.25) is 38.4 Å². The van der Waals surface area contributed by atoms with Crippen molar-refractivity contribution in [3.63, 3.8) is 0 Å². The molecule has 0 aliphatic carbocycles. The molecular formula is C40H52N8O12. The fourth-order valence-electron chi connectivity index (χ4n) is 6.19. The smallest absolute Gasteiger partial charge is 0.326 e. The molecule has 0 bridgehead atoms. The number of H-pyrrole nitrogens is 1. The van der Waals surface area contributed by atoms with E-state index in [2.05, 4.69) is 31.6 Å². The number of nitrogens with one attached hydrogen (secondary N) is 6. The number of benzene rings is 2. The average molecular weight is 837 g/mol. The van der Waals surface area contributed by atoms with E-state index >= 15 is 0 Å². The molecule has 0 aliphatic rings. The van der Waals surface area contributed by atoms with Crippen LogP contribution >= 0.6 is 0 Å². The number of para-hydroxylation sites is 1. The summed E-state index contributed by atoms with van der Waals surface area (Å²) in [5, 5.41) is 41.4. The predicted molar refractivity (Wildman–Crippen MR) is 214 cm³/mol. The highest BCUT2D eigenvalue weighted by Crippen LogP contribution is 2.20. The minimum atomic E-state index is -1.66. The molecule has 1 aromatic heterocycles. The molecule has 0 saturated heterocycles. The quantitative estimate of drug-likeness (QED) is 0.0511. The molecule has 2 aromatic carbocycles. The Bertz CT molecular complexity index is 2020. The van der Waals surface area contributed by atoms with E-state index in [0.29, 0.717) is 22.9 Å². The number of fused-ring (bicyclic) bond motifs is 1. The number of nitrogens with two attached hydrogens (primary N) is 2. The van der Waals surface area contributed by atoms with E-state index in [1.54, 1.807) is 74.6 Å². The minimum absolute atomic E-state index is 0.146. The molecule has 3 aromatic rings. The Morgan fingerprint density at radius 2 is 1.17 bits per heavy atom. The van der Waals surface area contributed by atoms with Gasteiger partial charge in [0.25, 0.3) is 0 Å². The lowest BCUT2D eigenvalue weighted by atomic mass is 9.97. The van der Waals surface area contributed by atoms with Crippen molar-refractivity contribution < 1.29 is 58.5 Å². The maximum absolute atomic E-state index is 14.0. The van der Waals surface area contributed by atoms with Crippen LogP contribution in [-0.2, 0) is 56.0 Å². The van der Waals surface area contributed by atoms with E-state index < -0.39 is 128 Å². The van der Waals surface area contributed by atoms with Crippen LogP contribution in [0.25, 0.3) is 10.9 Å². The maximum Gasteiger partial charge on any atom is 0.326 e. The first-order valence-electron chi connectivity index (χ1n) is 19.2. The Morgan fingerprint density at radius 3 is 1.73 bits per heavy atom. The van der Waals surface area contributed by atoms with Crippen LogP contribution in [0.15, 0.2) is 60.8 Å². The summed E-state index contributed by atoms with van der Waals surface area (Å²) in [6, 6.07) is 6.42. The third kappa shape index (κ3) is 14.8. The molecule has 0 fully saturated rings. The monoisotopic (exact) mass is 836 g/mol. The van der Waals surface area contributed by atoms with Gasteiger partial charge in [0.05, 0.1) is 12.5 Å². The largest absolute Gasteiger partial charge is 0.481 e. The average Bonchev–Trinajstić information content (AvgIpc) is 3.61. The van der Waals surface area contributed by atoms with Gasteiger partial charge in [0, 0.05) is 42.8 Å². The standard InChI is InChI=1S/C40H52N8O12/c1-3-21(2)34(40(59)60)48-39(58)30(18-23-20-43-26-12-8-7-11-24(23)26)47-37(56)27(13-15-31(42)49)44-36(55)28(14-16-32(50)51)45-38(57)29(17-22-9-5-4-6-10-22)46-35(54)25(41)19-33(52)53/h4-12,20-21,25,27-30,34,43H,3,13-19,41H2,1-2H3,(H2,42,49)(H,44,55)(H,45,57)(H,46,54)(H,47,56)(H,48,58)(H,50,51)(H,52,53)(H,59,60)/t21-,25-,27-,28-,29-,30-,34-/m0/s1. The zero-order chi connectivity index (χ0) is 44.5. The van der Waals surface area contributed by atoms with E-state index in [9.17, 15) is 53.4 Å². The summed E-state index contributed by atoms with van der Waals surface area (Å²) >= 11 is 0. The van der Waals surface area contributed by atoms with Crippen LogP contribution in [0.1, 0.15) is 63.5 Å². The van der Waals surface area contributed by atoms with Crippen molar-refractivity contribution in [3.8, 4) is 0 Å². The zero-order valence-electron chi connectivity index (χ0n) is 33.1. The molecule has 0 unspecified atom stereocenters. The Kier molecular flexibility index (Phi) is 18.2. The molecule has 6 amide bonds. The molecule has 0 saturated carbocycles. The number of carboxylic acid groups (broad SMARTS) is 3. The van der Waals surface area contributed by atoms with Crippen LogP contribution in [0.5, 0.6) is 0 Å². The summed E-state index contributed by atoms with van der Waals surface area (Å²) in [5.74, 6) is -10.3. The first-order chi connectivity index (χ1) is 28.4. The summed E-state index contributed by atoms with van der Waals surface area (Å²) < 4.78 is 0. The molecule has 7 atom stereocenters. The first kappa shape index (κ1) is 47.5. The van der Waals surface area contributed by atoms with E-state index in [4.69, 9.17) is 16.6 Å². The molecule has 324 valence electrons. The lowest BCUT2D eigenvalue weighted by molar-refractivity contribution is -0.144. The van der Waals surface area contributed by atoms with Crippen molar-refractivity contribution in [2.24, 2.45) is 17.4 Å².